The molecule has 0 saturated carbocycles. The van der Waals surface area contributed by atoms with Crippen molar-refractivity contribution in [3.63, 3.8) is 0 Å². The van der Waals surface area contributed by atoms with Crippen LogP contribution in [-0.4, -0.2) is 48.4 Å². The largest absolute Gasteiger partial charge is 0.396 e. The lowest BCUT2D eigenvalue weighted by atomic mass is 10.0. The molecule has 0 aliphatic carbocycles. The Balaban J connectivity index is 0.000000401. The number of aliphatic hydroxyl groups excluding tert-OH is 3. The average molecular weight is 220 g/mol. The van der Waals surface area contributed by atoms with Crippen molar-refractivity contribution in [3.05, 3.63) is 0 Å². The number of aliphatic hydroxyl groups is 3. The molecule has 1 heterocycles. The quantitative estimate of drug-likeness (QED) is 0.548. The molecular weight excluding hydrogens is 196 g/mol. The van der Waals surface area contributed by atoms with Gasteiger partial charge in [0.2, 0.25) is 0 Å². The van der Waals surface area contributed by atoms with Crippen LogP contribution in [0.3, 0.4) is 0 Å². The van der Waals surface area contributed by atoms with Crippen LogP contribution in [0.15, 0.2) is 0 Å². The van der Waals surface area contributed by atoms with Crippen molar-refractivity contribution in [2.45, 2.75) is 32.1 Å². The maximum Gasteiger partial charge on any atom is 0.0488 e. The molecule has 1 rings (SSSR count). The Morgan fingerprint density at radius 2 is 1.47 bits per heavy atom. The van der Waals surface area contributed by atoms with E-state index in [-0.39, 0.29) is 25.7 Å². The van der Waals surface area contributed by atoms with Crippen LogP contribution in [0.25, 0.3) is 0 Å². The molecule has 0 aromatic rings. The monoisotopic (exact) mass is 220 g/mol. The van der Waals surface area contributed by atoms with Gasteiger partial charge in [-0.2, -0.15) is 0 Å². The summed E-state index contributed by atoms with van der Waals surface area (Å²) in [5.41, 5.74) is 0. The zero-order valence-corrected chi connectivity index (χ0v) is 9.40. The summed E-state index contributed by atoms with van der Waals surface area (Å²) in [4.78, 5) is 0. The van der Waals surface area contributed by atoms with Gasteiger partial charge in [-0.3, -0.25) is 0 Å². The third-order valence-electron chi connectivity index (χ3n) is 2.36. The summed E-state index contributed by atoms with van der Waals surface area (Å²) in [6.07, 6.45) is 4.91. The molecule has 92 valence electrons. The fourth-order valence-electron chi connectivity index (χ4n) is 1.11. The SMILES string of the molecule is C1COC1.OCCCCCC(CO)CO. The van der Waals surface area contributed by atoms with Crippen molar-refractivity contribution in [1.29, 1.82) is 0 Å². The third kappa shape index (κ3) is 10.1. The van der Waals surface area contributed by atoms with Gasteiger partial charge in [0.25, 0.3) is 0 Å². The van der Waals surface area contributed by atoms with Gasteiger partial charge in [0, 0.05) is 39.0 Å². The smallest absolute Gasteiger partial charge is 0.0488 e. The molecule has 15 heavy (non-hydrogen) atoms. The van der Waals surface area contributed by atoms with Crippen LogP contribution in [0.2, 0.25) is 0 Å². The van der Waals surface area contributed by atoms with E-state index in [4.69, 9.17) is 20.1 Å². The highest BCUT2D eigenvalue weighted by molar-refractivity contribution is 4.55. The summed E-state index contributed by atoms with van der Waals surface area (Å²) >= 11 is 0. The molecule has 0 amide bonds. The van der Waals surface area contributed by atoms with E-state index in [2.05, 4.69) is 0 Å². The van der Waals surface area contributed by atoms with E-state index in [9.17, 15) is 0 Å². The van der Waals surface area contributed by atoms with E-state index in [0.717, 1.165) is 38.9 Å². The van der Waals surface area contributed by atoms with E-state index in [0.29, 0.717) is 0 Å². The van der Waals surface area contributed by atoms with Gasteiger partial charge in [0.15, 0.2) is 0 Å². The first-order valence-corrected chi connectivity index (χ1v) is 5.75. The number of rotatable bonds is 7. The van der Waals surface area contributed by atoms with Gasteiger partial charge in [0.05, 0.1) is 0 Å². The molecule has 0 atom stereocenters. The van der Waals surface area contributed by atoms with Gasteiger partial charge in [-0.15, -0.1) is 0 Å². The molecule has 1 aliphatic rings. The molecule has 0 radical (unpaired) electrons. The van der Waals surface area contributed by atoms with Gasteiger partial charge < -0.3 is 20.1 Å². The second-order valence-electron chi connectivity index (χ2n) is 3.77. The topological polar surface area (TPSA) is 69.9 Å². The molecule has 3 N–H and O–H groups in total. The molecule has 4 nitrogen and oxygen atoms in total. The summed E-state index contributed by atoms with van der Waals surface area (Å²) in [5.74, 6) is 0.0358. The lowest BCUT2D eigenvalue weighted by Crippen LogP contribution is -2.10. The van der Waals surface area contributed by atoms with Gasteiger partial charge in [-0.05, 0) is 19.3 Å². The number of unbranched alkanes of at least 4 members (excludes halogenated alkanes) is 2. The van der Waals surface area contributed by atoms with E-state index >= 15 is 0 Å². The van der Waals surface area contributed by atoms with Crippen LogP contribution < -0.4 is 0 Å². The minimum atomic E-state index is 0.0358. The normalized spacial score (nSPS) is 14.4. The number of hydrogen-bond acceptors (Lipinski definition) is 4. The minimum Gasteiger partial charge on any atom is -0.396 e. The molecule has 0 spiro atoms. The van der Waals surface area contributed by atoms with Crippen molar-refractivity contribution >= 4 is 0 Å². The van der Waals surface area contributed by atoms with Crippen LogP contribution in [0.5, 0.6) is 0 Å². The lowest BCUT2D eigenvalue weighted by molar-refractivity contribution is 0.0367. The molecule has 0 unspecified atom stereocenters. The van der Waals surface area contributed by atoms with Crippen LogP contribution in [0, 0.1) is 5.92 Å². The van der Waals surface area contributed by atoms with Gasteiger partial charge in [-0.1, -0.05) is 12.8 Å². The summed E-state index contributed by atoms with van der Waals surface area (Å²) in [6.45, 7) is 2.37. The third-order valence-corrected chi connectivity index (χ3v) is 2.36. The highest BCUT2D eigenvalue weighted by atomic mass is 16.5. The van der Waals surface area contributed by atoms with Gasteiger partial charge in [-0.25, -0.2) is 0 Å². The van der Waals surface area contributed by atoms with Gasteiger partial charge in [0.1, 0.15) is 0 Å². The maximum absolute atomic E-state index is 8.67. The second-order valence-corrected chi connectivity index (χ2v) is 3.77. The highest BCUT2D eigenvalue weighted by Crippen LogP contribution is 2.08. The first-order valence-electron chi connectivity index (χ1n) is 5.75. The standard InChI is InChI=1S/C8H18O3.C3H6O/c9-5-3-1-2-4-8(6-10)7-11;1-2-4-3-1/h8-11H,1-7H2;1-3H2. The Kier molecular flexibility index (Phi) is 11.8. The fourth-order valence-corrected chi connectivity index (χ4v) is 1.11. The Bertz CT molecular complexity index is 107. The van der Waals surface area contributed by atoms with Crippen molar-refractivity contribution in [2.75, 3.05) is 33.0 Å². The summed E-state index contributed by atoms with van der Waals surface area (Å²) in [7, 11) is 0. The van der Waals surface area contributed by atoms with E-state index in [1.165, 1.54) is 6.42 Å². The summed E-state index contributed by atoms with van der Waals surface area (Å²) in [6, 6.07) is 0. The first-order chi connectivity index (χ1) is 7.35. The van der Waals surface area contributed by atoms with Crippen molar-refractivity contribution in [1.82, 2.24) is 0 Å². The minimum absolute atomic E-state index is 0.0358. The molecular formula is C11H24O4. The van der Waals surface area contributed by atoms with Crippen LogP contribution in [0.1, 0.15) is 32.1 Å². The second kappa shape index (κ2) is 11.9. The van der Waals surface area contributed by atoms with Crippen molar-refractivity contribution in [2.24, 2.45) is 5.92 Å². The average Bonchev–Trinajstić information content (AvgIpc) is 2.16. The van der Waals surface area contributed by atoms with Crippen molar-refractivity contribution < 1.29 is 20.1 Å². The Labute approximate surface area is 91.9 Å². The van der Waals surface area contributed by atoms with Crippen molar-refractivity contribution in [3.8, 4) is 0 Å². The zero-order chi connectivity index (χ0) is 11.4. The summed E-state index contributed by atoms with van der Waals surface area (Å²) < 4.78 is 4.72. The Morgan fingerprint density at radius 1 is 0.933 bits per heavy atom. The molecule has 1 saturated heterocycles. The van der Waals surface area contributed by atoms with E-state index < -0.39 is 0 Å². The first kappa shape index (κ1) is 14.8. The Morgan fingerprint density at radius 3 is 1.80 bits per heavy atom. The molecule has 4 heteroatoms. The molecule has 1 fully saturated rings. The molecule has 1 aliphatic heterocycles. The molecule has 0 bridgehead atoms. The van der Waals surface area contributed by atoms with Gasteiger partial charge >= 0.3 is 0 Å². The lowest BCUT2D eigenvalue weighted by Gasteiger charge is -2.09. The fraction of sp³-hybridized carbons (Fsp3) is 1.00. The Hall–Kier alpha value is -0.160. The maximum atomic E-state index is 8.67. The van der Waals surface area contributed by atoms with Crippen LogP contribution >= 0.6 is 0 Å². The van der Waals surface area contributed by atoms with Crippen LogP contribution in [-0.2, 0) is 4.74 Å². The highest BCUT2D eigenvalue weighted by Gasteiger charge is 2.03. The van der Waals surface area contributed by atoms with E-state index in [1.54, 1.807) is 0 Å². The zero-order valence-electron chi connectivity index (χ0n) is 9.40. The van der Waals surface area contributed by atoms with E-state index in [1.807, 2.05) is 0 Å². The predicted molar refractivity (Wildman–Crippen MR) is 58.7 cm³/mol. The molecule has 0 aromatic carbocycles. The summed E-state index contributed by atoms with van der Waals surface area (Å²) in [5, 5.41) is 25.8. The van der Waals surface area contributed by atoms with Crippen LogP contribution in [0.4, 0.5) is 0 Å². The number of hydrogen-bond donors (Lipinski definition) is 3. The predicted octanol–water partition coefficient (Wildman–Crippen LogP) is 0.547. The number of ether oxygens (including phenoxy) is 1. The molecule has 0 aromatic heterocycles.